The SMILES string of the molecule is CCNC(=O)Nc1c(C)cnc2c(N)cccc12. The molecule has 0 aliphatic carbocycles. The minimum atomic E-state index is -0.226. The van der Waals surface area contributed by atoms with Gasteiger partial charge >= 0.3 is 6.03 Å². The second kappa shape index (κ2) is 4.91. The quantitative estimate of drug-likeness (QED) is 0.709. The molecule has 1 aromatic carbocycles. The molecular formula is C13H16N4O. The molecule has 0 saturated carbocycles. The Hall–Kier alpha value is -2.30. The highest BCUT2D eigenvalue weighted by atomic mass is 16.2. The second-order valence-electron chi connectivity index (χ2n) is 4.04. The van der Waals surface area contributed by atoms with Gasteiger partial charge in [-0.3, -0.25) is 4.98 Å². The minimum Gasteiger partial charge on any atom is -0.397 e. The van der Waals surface area contributed by atoms with E-state index in [1.165, 1.54) is 0 Å². The third-order valence-electron chi connectivity index (χ3n) is 2.69. The smallest absolute Gasteiger partial charge is 0.319 e. The number of aryl methyl sites for hydroxylation is 1. The number of nitrogens with one attached hydrogen (secondary N) is 2. The van der Waals surface area contributed by atoms with E-state index in [-0.39, 0.29) is 6.03 Å². The van der Waals surface area contributed by atoms with Crippen molar-refractivity contribution in [3.8, 4) is 0 Å². The first kappa shape index (κ1) is 12.2. The van der Waals surface area contributed by atoms with E-state index in [0.29, 0.717) is 17.7 Å². The molecule has 1 heterocycles. The lowest BCUT2D eigenvalue weighted by atomic mass is 10.1. The van der Waals surface area contributed by atoms with Crippen LogP contribution in [0.3, 0.4) is 0 Å². The predicted octanol–water partition coefficient (Wildman–Crippen LogP) is 2.27. The molecule has 0 radical (unpaired) electrons. The Bertz CT molecular complexity index is 595. The molecule has 94 valence electrons. The molecule has 0 saturated heterocycles. The summed E-state index contributed by atoms with van der Waals surface area (Å²) in [6.45, 7) is 4.35. The van der Waals surface area contributed by atoms with Crippen LogP contribution in [0.25, 0.3) is 10.9 Å². The number of nitrogens with two attached hydrogens (primary N) is 1. The maximum Gasteiger partial charge on any atom is 0.319 e. The normalized spacial score (nSPS) is 10.3. The molecule has 2 aromatic rings. The molecule has 5 heteroatoms. The lowest BCUT2D eigenvalue weighted by Gasteiger charge is -2.12. The Labute approximate surface area is 105 Å². The fraction of sp³-hybridized carbons (Fsp3) is 0.231. The summed E-state index contributed by atoms with van der Waals surface area (Å²) >= 11 is 0. The molecule has 18 heavy (non-hydrogen) atoms. The number of carbonyl (C=O) groups excluding carboxylic acids is 1. The van der Waals surface area contributed by atoms with Gasteiger partial charge < -0.3 is 16.4 Å². The number of carbonyl (C=O) groups is 1. The Morgan fingerprint density at radius 3 is 2.94 bits per heavy atom. The summed E-state index contributed by atoms with van der Waals surface area (Å²) in [5.41, 5.74) is 8.83. The molecule has 0 fully saturated rings. The number of para-hydroxylation sites is 1. The van der Waals surface area contributed by atoms with Crippen LogP contribution < -0.4 is 16.4 Å². The third-order valence-corrected chi connectivity index (χ3v) is 2.69. The number of amides is 2. The van der Waals surface area contributed by atoms with Crippen molar-refractivity contribution < 1.29 is 4.79 Å². The fourth-order valence-corrected chi connectivity index (χ4v) is 1.83. The highest BCUT2D eigenvalue weighted by Gasteiger charge is 2.10. The van der Waals surface area contributed by atoms with Gasteiger partial charge in [-0.05, 0) is 25.5 Å². The zero-order valence-electron chi connectivity index (χ0n) is 10.4. The number of hydrogen-bond donors (Lipinski definition) is 3. The Kier molecular flexibility index (Phi) is 3.32. The van der Waals surface area contributed by atoms with Crippen LogP contribution in [0.4, 0.5) is 16.2 Å². The van der Waals surface area contributed by atoms with Gasteiger partial charge in [0.05, 0.1) is 16.9 Å². The van der Waals surface area contributed by atoms with Crippen molar-refractivity contribution >= 4 is 28.3 Å². The molecule has 4 N–H and O–H groups in total. The average molecular weight is 244 g/mol. The zero-order chi connectivity index (χ0) is 13.1. The van der Waals surface area contributed by atoms with Crippen molar-refractivity contribution in [3.63, 3.8) is 0 Å². The molecule has 0 aliphatic heterocycles. The number of nitrogens with zero attached hydrogens (tertiary/aromatic N) is 1. The van der Waals surface area contributed by atoms with E-state index in [1.807, 2.05) is 26.0 Å². The Morgan fingerprint density at radius 1 is 1.44 bits per heavy atom. The number of fused-ring (bicyclic) bond motifs is 1. The summed E-state index contributed by atoms with van der Waals surface area (Å²) in [4.78, 5) is 15.9. The van der Waals surface area contributed by atoms with Crippen molar-refractivity contribution in [1.29, 1.82) is 0 Å². The molecular weight excluding hydrogens is 228 g/mol. The molecule has 0 spiro atoms. The number of nitrogen functional groups attached to an aromatic ring is 1. The number of urea groups is 1. The van der Waals surface area contributed by atoms with E-state index in [1.54, 1.807) is 12.3 Å². The summed E-state index contributed by atoms with van der Waals surface area (Å²) in [6, 6.07) is 5.31. The minimum absolute atomic E-state index is 0.226. The molecule has 0 atom stereocenters. The van der Waals surface area contributed by atoms with Gasteiger partial charge in [0.25, 0.3) is 0 Å². The summed E-state index contributed by atoms with van der Waals surface area (Å²) in [5, 5.41) is 6.38. The van der Waals surface area contributed by atoms with E-state index in [9.17, 15) is 4.79 Å². The molecule has 0 unspecified atom stereocenters. The standard InChI is InChI=1S/C13H16N4O/c1-3-15-13(18)17-11-8(2)7-16-12-9(11)5-4-6-10(12)14/h4-7H,3,14H2,1-2H3,(H2,15,16,17,18). The Balaban J connectivity index is 2.51. The molecule has 0 bridgehead atoms. The van der Waals surface area contributed by atoms with Crippen LogP contribution in [0.1, 0.15) is 12.5 Å². The van der Waals surface area contributed by atoms with Crippen molar-refractivity contribution in [2.75, 3.05) is 17.6 Å². The van der Waals surface area contributed by atoms with Crippen molar-refractivity contribution in [3.05, 3.63) is 30.0 Å². The molecule has 2 rings (SSSR count). The van der Waals surface area contributed by atoms with Gasteiger partial charge in [-0.25, -0.2) is 4.79 Å². The van der Waals surface area contributed by atoms with E-state index in [4.69, 9.17) is 5.73 Å². The summed E-state index contributed by atoms with van der Waals surface area (Å²) in [5.74, 6) is 0. The first-order valence-corrected chi connectivity index (χ1v) is 5.82. The second-order valence-corrected chi connectivity index (χ2v) is 4.04. The lowest BCUT2D eigenvalue weighted by molar-refractivity contribution is 0.252. The zero-order valence-corrected chi connectivity index (χ0v) is 10.4. The van der Waals surface area contributed by atoms with Crippen LogP contribution in [0.15, 0.2) is 24.4 Å². The van der Waals surface area contributed by atoms with Crippen LogP contribution in [0, 0.1) is 6.92 Å². The van der Waals surface area contributed by atoms with Gasteiger partial charge in [-0.1, -0.05) is 12.1 Å². The number of benzene rings is 1. The monoisotopic (exact) mass is 244 g/mol. The van der Waals surface area contributed by atoms with Gasteiger partial charge in [0.15, 0.2) is 0 Å². The number of anilines is 2. The average Bonchev–Trinajstić information content (AvgIpc) is 2.33. The van der Waals surface area contributed by atoms with Gasteiger partial charge in [0, 0.05) is 18.1 Å². The third kappa shape index (κ3) is 2.20. The predicted molar refractivity (Wildman–Crippen MR) is 73.6 cm³/mol. The van der Waals surface area contributed by atoms with E-state index in [0.717, 1.165) is 16.6 Å². The van der Waals surface area contributed by atoms with Crippen LogP contribution in [-0.4, -0.2) is 17.6 Å². The molecule has 2 amide bonds. The number of rotatable bonds is 2. The highest BCUT2D eigenvalue weighted by molar-refractivity contribution is 6.04. The maximum atomic E-state index is 11.6. The van der Waals surface area contributed by atoms with Gasteiger partial charge in [0.2, 0.25) is 0 Å². The van der Waals surface area contributed by atoms with Crippen molar-refractivity contribution in [2.45, 2.75) is 13.8 Å². The van der Waals surface area contributed by atoms with Crippen LogP contribution in [0.5, 0.6) is 0 Å². The molecule has 0 aliphatic rings. The summed E-state index contributed by atoms with van der Waals surface area (Å²) in [7, 11) is 0. The van der Waals surface area contributed by atoms with Gasteiger partial charge in [-0.2, -0.15) is 0 Å². The summed E-state index contributed by atoms with van der Waals surface area (Å²) in [6.07, 6.45) is 1.71. The lowest BCUT2D eigenvalue weighted by Crippen LogP contribution is -2.28. The fourth-order valence-electron chi connectivity index (χ4n) is 1.83. The Morgan fingerprint density at radius 2 is 2.22 bits per heavy atom. The van der Waals surface area contributed by atoms with Crippen LogP contribution in [-0.2, 0) is 0 Å². The van der Waals surface area contributed by atoms with Crippen molar-refractivity contribution in [2.24, 2.45) is 0 Å². The van der Waals surface area contributed by atoms with Crippen LogP contribution >= 0.6 is 0 Å². The first-order valence-electron chi connectivity index (χ1n) is 5.82. The summed E-state index contributed by atoms with van der Waals surface area (Å²) < 4.78 is 0. The topological polar surface area (TPSA) is 80.0 Å². The van der Waals surface area contributed by atoms with Crippen LogP contribution in [0.2, 0.25) is 0 Å². The number of hydrogen-bond acceptors (Lipinski definition) is 3. The largest absolute Gasteiger partial charge is 0.397 e. The van der Waals surface area contributed by atoms with E-state index in [2.05, 4.69) is 15.6 Å². The number of aromatic nitrogens is 1. The van der Waals surface area contributed by atoms with Crippen molar-refractivity contribution in [1.82, 2.24) is 10.3 Å². The number of pyridine rings is 1. The maximum absolute atomic E-state index is 11.6. The van der Waals surface area contributed by atoms with Gasteiger partial charge in [0.1, 0.15) is 0 Å². The molecule has 1 aromatic heterocycles. The van der Waals surface area contributed by atoms with E-state index >= 15 is 0 Å². The first-order chi connectivity index (χ1) is 8.63. The van der Waals surface area contributed by atoms with Gasteiger partial charge in [-0.15, -0.1) is 0 Å². The molecule has 5 nitrogen and oxygen atoms in total. The van der Waals surface area contributed by atoms with E-state index < -0.39 is 0 Å². The highest BCUT2D eigenvalue weighted by Crippen LogP contribution is 2.28.